The highest BCUT2D eigenvalue weighted by molar-refractivity contribution is 6.30. The zero-order valence-electron chi connectivity index (χ0n) is 15.7. The van der Waals surface area contributed by atoms with Gasteiger partial charge < -0.3 is 10.4 Å². The molecular weight excluding hydrogens is 354 g/mol. The van der Waals surface area contributed by atoms with E-state index in [1.54, 1.807) is 6.07 Å². The standard InChI is InChI=1S/C24H26ClNO/c1-18-5-7-20(8-6-18)15-21-11-9-19(10-12-21)13-14-26-17-24(27)22-3-2-4-23(25)16-22/h2-12,16,24,26-27H,13-15,17H2,1H3. The highest BCUT2D eigenvalue weighted by Crippen LogP contribution is 2.17. The monoisotopic (exact) mass is 379 g/mol. The first kappa shape index (κ1) is 19.6. The summed E-state index contributed by atoms with van der Waals surface area (Å²) in [4.78, 5) is 0. The average Bonchev–Trinajstić information content (AvgIpc) is 2.68. The molecule has 0 fully saturated rings. The second kappa shape index (κ2) is 9.70. The van der Waals surface area contributed by atoms with Crippen molar-refractivity contribution >= 4 is 11.6 Å². The van der Waals surface area contributed by atoms with Gasteiger partial charge in [-0.15, -0.1) is 0 Å². The molecule has 0 spiro atoms. The van der Waals surface area contributed by atoms with Gasteiger partial charge in [-0.3, -0.25) is 0 Å². The van der Waals surface area contributed by atoms with Gasteiger partial charge in [0.1, 0.15) is 0 Å². The Morgan fingerprint density at radius 2 is 1.52 bits per heavy atom. The van der Waals surface area contributed by atoms with E-state index >= 15 is 0 Å². The fraction of sp³-hybridized carbons (Fsp3) is 0.250. The van der Waals surface area contributed by atoms with Gasteiger partial charge in [-0.2, -0.15) is 0 Å². The van der Waals surface area contributed by atoms with Crippen LogP contribution in [-0.2, 0) is 12.8 Å². The van der Waals surface area contributed by atoms with Gasteiger partial charge in [0.25, 0.3) is 0 Å². The third-order valence-electron chi connectivity index (χ3n) is 4.71. The van der Waals surface area contributed by atoms with E-state index in [0.717, 1.165) is 24.9 Å². The maximum Gasteiger partial charge on any atom is 0.0914 e. The first-order chi connectivity index (χ1) is 13.1. The number of rotatable bonds is 8. The lowest BCUT2D eigenvalue weighted by molar-refractivity contribution is 0.175. The van der Waals surface area contributed by atoms with Crippen molar-refractivity contribution in [1.29, 1.82) is 0 Å². The van der Waals surface area contributed by atoms with Gasteiger partial charge in [0, 0.05) is 11.6 Å². The predicted molar refractivity (Wildman–Crippen MR) is 113 cm³/mol. The van der Waals surface area contributed by atoms with Crippen LogP contribution in [0.5, 0.6) is 0 Å². The molecule has 0 amide bonds. The lowest BCUT2D eigenvalue weighted by Gasteiger charge is -2.12. The summed E-state index contributed by atoms with van der Waals surface area (Å²) >= 11 is 5.97. The summed E-state index contributed by atoms with van der Waals surface area (Å²) in [6, 6.07) is 24.9. The van der Waals surface area contributed by atoms with Crippen molar-refractivity contribution in [3.05, 3.63) is 106 Å². The first-order valence-corrected chi connectivity index (χ1v) is 9.75. The Morgan fingerprint density at radius 1 is 0.889 bits per heavy atom. The minimum Gasteiger partial charge on any atom is -0.387 e. The van der Waals surface area contributed by atoms with E-state index in [4.69, 9.17) is 11.6 Å². The second-order valence-corrected chi connectivity index (χ2v) is 7.44. The minimum atomic E-state index is -0.541. The molecule has 3 aromatic carbocycles. The SMILES string of the molecule is Cc1ccc(Cc2ccc(CCNCC(O)c3cccc(Cl)c3)cc2)cc1. The van der Waals surface area contributed by atoms with E-state index in [1.165, 1.54) is 22.3 Å². The molecule has 3 rings (SSSR count). The van der Waals surface area contributed by atoms with Crippen molar-refractivity contribution in [3.63, 3.8) is 0 Å². The Morgan fingerprint density at radius 3 is 2.19 bits per heavy atom. The van der Waals surface area contributed by atoms with Gasteiger partial charge in [0.2, 0.25) is 0 Å². The fourth-order valence-corrected chi connectivity index (χ4v) is 3.27. The van der Waals surface area contributed by atoms with E-state index in [2.05, 4.69) is 60.8 Å². The predicted octanol–water partition coefficient (Wildman–Crippen LogP) is 5.10. The van der Waals surface area contributed by atoms with E-state index in [0.29, 0.717) is 11.6 Å². The van der Waals surface area contributed by atoms with Crippen LogP contribution >= 0.6 is 11.6 Å². The molecule has 3 aromatic rings. The molecule has 0 aromatic heterocycles. The van der Waals surface area contributed by atoms with Crippen molar-refractivity contribution < 1.29 is 5.11 Å². The molecule has 0 aliphatic heterocycles. The molecule has 2 N–H and O–H groups in total. The summed E-state index contributed by atoms with van der Waals surface area (Å²) in [5, 5.41) is 14.2. The Hall–Kier alpha value is -2.13. The summed E-state index contributed by atoms with van der Waals surface area (Å²) in [6.07, 6.45) is 1.36. The Labute approximate surface area is 166 Å². The Kier molecular flexibility index (Phi) is 7.05. The van der Waals surface area contributed by atoms with Crippen molar-refractivity contribution in [2.75, 3.05) is 13.1 Å². The van der Waals surface area contributed by atoms with Crippen LogP contribution in [0.2, 0.25) is 5.02 Å². The number of nitrogens with one attached hydrogen (secondary N) is 1. The van der Waals surface area contributed by atoms with Crippen LogP contribution in [0.3, 0.4) is 0 Å². The highest BCUT2D eigenvalue weighted by Gasteiger charge is 2.07. The van der Waals surface area contributed by atoms with Crippen LogP contribution in [0.4, 0.5) is 0 Å². The van der Waals surface area contributed by atoms with Crippen molar-refractivity contribution in [3.8, 4) is 0 Å². The molecular formula is C24H26ClNO. The maximum atomic E-state index is 10.2. The number of aliphatic hydroxyl groups is 1. The van der Waals surface area contributed by atoms with Crippen LogP contribution in [0.15, 0.2) is 72.8 Å². The zero-order chi connectivity index (χ0) is 19.1. The lowest BCUT2D eigenvalue weighted by Crippen LogP contribution is -2.23. The van der Waals surface area contributed by atoms with E-state index in [-0.39, 0.29) is 0 Å². The van der Waals surface area contributed by atoms with Crippen LogP contribution in [0.25, 0.3) is 0 Å². The third kappa shape index (κ3) is 6.21. The van der Waals surface area contributed by atoms with Gasteiger partial charge in [0.15, 0.2) is 0 Å². The largest absolute Gasteiger partial charge is 0.387 e. The Bertz CT molecular complexity index is 843. The normalized spacial score (nSPS) is 12.1. The smallest absolute Gasteiger partial charge is 0.0914 e. The van der Waals surface area contributed by atoms with Crippen molar-refractivity contribution in [2.24, 2.45) is 0 Å². The molecule has 3 heteroatoms. The third-order valence-corrected chi connectivity index (χ3v) is 4.95. The summed E-state index contributed by atoms with van der Waals surface area (Å²) in [5.41, 5.74) is 6.10. The summed E-state index contributed by atoms with van der Waals surface area (Å²) < 4.78 is 0. The molecule has 1 atom stereocenters. The molecule has 2 nitrogen and oxygen atoms in total. The summed E-state index contributed by atoms with van der Waals surface area (Å²) in [7, 11) is 0. The van der Waals surface area contributed by atoms with Gasteiger partial charge in [-0.1, -0.05) is 77.8 Å². The van der Waals surface area contributed by atoms with Crippen molar-refractivity contribution in [1.82, 2.24) is 5.32 Å². The van der Waals surface area contributed by atoms with Gasteiger partial charge in [0.05, 0.1) is 6.10 Å². The quantitative estimate of drug-likeness (QED) is 0.533. The lowest BCUT2D eigenvalue weighted by atomic mass is 10.0. The summed E-state index contributed by atoms with van der Waals surface area (Å²) in [5.74, 6) is 0. The van der Waals surface area contributed by atoms with E-state index < -0.39 is 6.10 Å². The number of aryl methyl sites for hydroxylation is 1. The van der Waals surface area contributed by atoms with E-state index in [1.807, 2.05) is 18.2 Å². The van der Waals surface area contributed by atoms with Crippen molar-refractivity contribution in [2.45, 2.75) is 25.9 Å². The number of benzene rings is 3. The van der Waals surface area contributed by atoms with Crippen LogP contribution in [0.1, 0.15) is 33.9 Å². The Balaban J connectivity index is 1.43. The number of hydrogen-bond donors (Lipinski definition) is 2. The number of hydrogen-bond acceptors (Lipinski definition) is 2. The molecule has 27 heavy (non-hydrogen) atoms. The maximum absolute atomic E-state index is 10.2. The van der Waals surface area contributed by atoms with Gasteiger partial charge >= 0.3 is 0 Å². The number of halogens is 1. The molecule has 0 aliphatic carbocycles. The molecule has 0 radical (unpaired) electrons. The second-order valence-electron chi connectivity index (χ2n) is 7.00. The van der Waals surface area contributed by atoms with Crippen LogP contribution in [-0.4, -0.2) is 18.2 Å². The summed E-state index contributed by atoms with van der Waals surface area (Å²) in [6.45, 7) is 3.46. The minimum absolute atomic E-state index is 0.520. The zero-order valence-corrected chi connectivity index (χ0v) is 16.4. The van der Waals surface area contributed by atoms with Crippen LogP contribution in [0, 0.1) is 6.92 Å². The van der Waals surface area contributed by atoms with Gasteiger partial charge in [-0.05, 0) is 60.7 Å². The van der Waals surface area contributed by atoms with E-state index in [9.17, 15) is 5.11 Å². The molecule has 1 unspecified atom stereocenters. The first-order valence-electron chi connectivity index (χ1n) is 9.38. The molecule has 0 aliphatic rings. The topological polar surface area (TPSA) is 32.3 Å². The molecule has 0 bridgehead atoms. The highest BCUT2D eigenvalue weighted by atomic mass is 35.5. The number of aliphatic hydroxyl groups excluding tert-OH is 1. The van der Waals surface area contributed by atoms with Gasteiger partial charge in [-0.25, -0.2) is 0 Å². The molecule has 0 saturated heterocycles. The molecule has 0 saturated carbocycles. The van der Waals surface area contributed by atoms with Crippen LogP contribution < -0.4 is 5.32 Å². The molecule has 0 heterocycles. The average molecular weight is 380 g/mol. The fourth-order valence-electron chi connectivity index (χ4n) is 3.07. The molecule has 140 valence electrons.